The molecule has 0 aliphatic heterocycles. The van der Waals surface area contributed by atoms with Gasteiger partial charge < -0.3 is 5.11 Å². The molecule has 0 fully saturated rings. The summed E-state index contributed by atoms with van der Waals surface area (Å²) in [4.78, 5) is 11.4. The Balaban J connectivity index is 2.65. The van der Waals surface area contributed by atoms with Crippen LogP contribution in [0.3, 0.4) is 0 Å². The van der Waals surface area contributed by atoms with Gasteiger partial charge in [0.25, 0.3) is 0 Å². The van der Waals surface area contributed by atoms with Gasteiger partial charge in [-0.25, -0.2) is 4.79 Å². The molecule has 1 heterocycles. The van der Waals surface area contributed by atoms with Crippen LogP contribution < -0.4 is 0 Å². The van der Waals surface area contributed by atoms with Crippen molar-refractivity contribution >= 4 is 5.97 Å². The highest BCUT2D eigenvalue weighted by atomic mass is 16.4. The van der Waals surface area contributed by atoms with E-state index in [0.717, 1.165) is 29.7 Å². The average Bonchev–Trinajstić information content (AvgIpc) is 2.72. The van der Waals surface area contributed by atoms with E-state index >= 15 is 0 Å². The zero-order chi connectivity index (χ0) is 14.9. The van der Waals surface area contributed by atoms with Crippen molar-refractivity contribution in [1.29, 1.82) is 0 Å². The molecule has 2 rings (SSSR count). The van der Waals surface area contributed by atoms with Gasteiger partial charge in [-0.05, 0) is 38.3 Å². The lowest BCUT2D eigenvalue weighted by Gasteiger charge is -2.10. The summed E-state index contributed by atoms with van der Waals surface area (Å²) in [5.41, 5.74) is 5.07. The molecule has 1 N–H and O–H groups in total. The van der Waals surface area contributed by atoms with E-state index in [1.807, 2.05) is 27.7 Å². The number of benzene rings is 1. The first-order valence-electron chi connectivity index (χ1n) is 6.83. The molecule has 0 unspecified atom stereocenters. The Morgan fingerprint density at radius 2 is 1.85 bits per heavy atom. The molecule has 0 aliphatic rings. The van der Waals surface area contributed by atoms with Gasteiger partial charge in [0.2, 0.25) is 0 Å². The summed E-state index contributed by atoms with van der Waals surface area (Å²) in [6, 6.07) is 4.12. The highest BCUT2D eigenvalue weighted by Crippen LogP contribution is 2.30. The normalized spacial score (nSPS) is 10.8. The van der Waals surface area contributed by atoms with Crippen LogP contribution >= 0.6 is 0 Å². The van der Waals surface area contributed by atoms with Gasteiger partial charge in [-0.1, -0.05) is 24.6 Å². The van der Waals surface area contributed by atoms with Crippen molar-refractivity contribution in [2.45, 2.75) is 40.7 Å². The molecule has 106 valence electrons. The van der Waals surface area contributed by atoms with Crippen LogP contribution in [0.5, 0.6) is 0 Å². The lowest BCUT2D eigenvalue weighted by Crippen LogP contribution is -1.99. The average molecular weight is 272 g/mol. The smallest absolute Gasteiger partial charge is 0.339 e. The van der Waals surface area contributed by atoms with Crippen LogP contribution in [0.25, 0.3) is 11.3 Å². The lowest BCUT2D eigenvalue weighted by molar-refractivity contribution is 0.0697. The summed E-state index contributed by atoms with van der Waals surface area (Å²) in [7, 11) is 0. The van der Waals surface area contributed by atoms with Gasteiger partial charge in [-0.15, -0.1) is 0 Å². The number of aromatic carboxylic acids is 1. The summed E-state index contributed by atoms with van der Waals surface area (Å²) in [5.74, 6) is -0.929. The zero-order valence-corrected chi connectivity index (χ0v) is 12.4. The minimum atomic E-state index is -0.929. The molecular weight excluding hydrogens is 252 g/mol. The van der Waals surface area contributed by atoms with Crippen LogP contribution in [-0.2, 0) is 6.54 Å². The van der Waals surface area contributed by atoms with Crippen molar-refractivity contribution < 1.29 is 9.90 Å². The van der Waals surface area contributed by atoms with Gasteiger partial charge >= 0.3 is 5.97 Å². The summed E-state index contributed by atoms with van der Waals surface area (Å²) in [6.07, 6.45) is 2.55. The third kappa shape index (κ3) is 2.59. The predicted octanol–water partition coefficient (Wildman–Crippen LogP) is 3.58. The molecule has 0 saturated carbocycles. The number of carboxylic acid groups (broad SMARTS) is 1. The van der Waals surface area contributed by atoms with E-state index in [-0.39, 0.29) is 5.56 Å². The fourth-order valence-corrected chi connectivity index (χ4v) is 2.66. The standard InChI is InChI=1S/C16H20N2O2/c1-5-6-18-9-13(16(19)20)15(17-18)14-11(3)7-10(2)8-12(14)4/h7-9H,5-6H2,1-4H3,(H,19,20). The largest absolute Gasteiger partial charge is 0.478 e. The van der Waals surface area contributed by atoms with Gasteiger partial charge in [-0.3, -0.25) is 4.68 Å². The highest BCUT2D eigenvalue weighted by molar-refractivity contribution is 5.95. The molecule has 2 aromatic rings. The Hall–Kier alpha value is -2.10. The first kappa shape index (κ1) is 14.3. The molecule has 0 atom stereocenters. The van der Waals surface area contributed by atoms with E-state index in [1.165, 1.54) is 5.56 Å². The third-order valence-electron chi connectivity index (χ3n) is 3.36. The molecule has 0 spiro atoms. The molecule has 20 heavy (non-hydrogen) atoms. The first-order valence-corrected chi connectivity index (χ1v) is 6.83. The highest BCUT2D eigenvalue weighted by Gasteiger charge is 2.20. The third-order valence-corrected chi connectivity index (χ3v) is 3.36. The number of rotatable bonds is 4. The molecule has 4 nitrogen and oxygen atoms in total. The number of hydrogen-bond donors (Lipinski definition) is 1. The van der Waals surface area contributed by atoms with Crippen molar-refractivity contribution in [3.63, 3.8) is 0 Å². The molecule has 0 amide bonds. The van der Waals surface area contributed by atoms with Gasteiger partial charge in [-0.2, -0.15) is 5.10 Å². The predicted molar refractivity (Wildman–Crippen MR) is 79.1 cm³/mol. The Kier molecular flexibility index (Phi) is 3.93. The molecule has 1 aromatic carbocycles. The summed E-state index contributed by atoms with van der Waals surface area (Å²) >= 11 is 0. The van der Waals surface area contributed by atoms with Crippen LogP contribution in [0.15, 0.2) is 18.3 Å². The Labute approximate surface area is 119 Å². The van der Waals surface area contributed by atoms with Crippen LogP contribution in [0.4, 0.5) is 0 Å². The Morgan fingerprint density at radius 3 is 2.35 bits per heavy atom. The van der Waals surface area contributed by atoms with Gasteiger partial charge in [0.05, 0.1) is 0 Å². The van der Waals surface area contributed by atoms with Gasteiger partial charge in [0.1, 0.15) is 11.3 Å². The molecule has 4 heteroatoms. The fraction of sp³-hybridized carbons (Fsp3) is 0.375. The van der Waals surface area contributed by atoms with E-state index < -0.39 is 5.97 Å². The van der Waals surface area contributed by atoms with E-state index in [1.54, 1.807) is 10.9 Å². The van der Waals surface area contributed by atoms with Crippen LogP contribution in [0.1, 0.15) is 40.4 Å². The van der Waals surface area contributed by atoms with Crippen LogP contribution in [0, 0.1) is 20.8 Å². The van der Waals surface area contributed by atoms with Crippen LogP contribution in [-0.4, -0.2) is 20.9 Å². The second kappa shape index (κ2) is 5.49. The number of hydrogen-bond acceptors (Lipinski definition) is 2. The number of aromatic nitrogens is 2. The quantitative estimate of drug-likeness (QED) is 0.925. The van der Waals surface area contributed by atoms with Crippen molar-refractivity contribution in [2.24, 2.45) is 0 Å². The Morgan fingerprint density at radius 1 is 1.25 bits per heavy atom. The number of aryl methyl sites for hydroxylation is 4. The SMILES string of the molecule is CCCn1cc(C(=O)O)c(-c2c(C)cc(C)cc2C)n1. The van der Waals surface area contributed by atoms with Crippen molar-refractivity contribution in [2.75, 3.05) is 0 Å². The second-order valence-corrected chi connectivity index (χ2v) is 5.23. The van der Waals surface area contributed by atoms with Crippen molar-refractivity contribution in [3.8, 4) is 11.3 Å². The summed E-state index contributed by atoms with van der Waals surface area (Å²) < 4.78 is 1.72. The minimum Gasteiger partial charge on any atom is -0.478 e. The van der Waals surface area contributed by atoms with Crippen molar-refractivity contribution in [1.82, 2.24) is 9.78 Å². The monoisotopic (exact) mass is 272 g/mol. The molecule has 1 aromatic heterocycles. The zero-order valence-electron chi connectivity index (χ0n) is 12.4. The fourth-order valence-electron chi connectivity index (χ4n) is 2.66. The minimum absolute atomic E-state index is 0.272. The maximum absolute atomic E-state index is 11.4. The van der Waals surface area contributed by atoms with Gasteiger partial charge in [0.15, 0.2) is 0 Å². The van der Waals surface area contributed by atoms with Crippen LogP contribution in [0.2, 0.25) is 0 Å². The topological polar surface area (TPSA) is 55.1 Å². The second-order valence-electron chi connectivity index (χ2n) is 5.23. The van der Waals surface area contributed by atoms with E-state index in [4.69, 9.17) is 0 Å². The lowest BCUT2D eigenvalue weighted by atomic mass is 9.95. The van der Waals surface area contributed by atoms with Crippen molar-refractivity contribution in [3.05, 3.63) is 40.6 Å². The first-order chi connectivity index (χ1) is 9.43. The summed E-state index contributed by atoms with van der Waals surface area (Å²) in [6.45, 7) is 8.81. The molecule has 0 bridgehead atoms. The number of carbonyl (C=O) groups is 1. The Bertz CT molecular complexity index is 633. The maximum Gasteiger partial charge on any atom is 0.339 e. The molecular formula is C16H20N2O2. The number of carboxylic acids is 1. The van der Waals surface area contributed by atoms with E-state index in [2.05, 4.69) is 17.2 Å². The van der Waals surface area contributed by atoms with Gasteiger partial charge in [0, 0.05) is 18.3 Å². The molecule has 0 aliphatic carbocycles. The number of nitrogens with zero attached hydrogens (tertiary/aromatic N) is 2. The summed E-state index contributed by atoms with van der Waals surface area (Å²) in [5, 5.41) is 13.9. The van der Waals surface area contributed by atoms with E-state index in [9.17, 15) is 9.90 Å². The maximum atomic E-state index is 11.4. The molecule has 0 radical (unpaired) electrons. The molecule has 0 saturated heterocycles. The van der Waals surface area contributed by atoms with E-state index in [0.29, 0.717) is 5.69 Å².